The number of benzene rings is 1. The van der Waals surface area contributed by atoms with E-state index < -0.39 is 0 Å². The number of hydrogen-bond donors (Lipinski definition) is 0. The highest BCUT2D eigenvalue weighted by Gasteiger charge is 2.20. The Bertz CT molecular complexity index is 411. The van der Waals surface area contributed by atoms with Crippen molar-refractivity contribution in [2.75, 3.05) is 19.6 Å². The van der Waals surface area contributed by atoms with Crippen LogP contribution in [0.5, 0.6) is 0 Å². The second kappa shape index (κ2) is 6.10. The minimum atomic E-state index is -0.342. The molecular formula is C15H20FNO. The van der Waals surface area contributed by atoms with Crippen LogP contribution in [0.1, 0.15) is 36.5 Å². The summed E-state index contributed by atoms with van der Waals surface area (Å²) >= 11 is 0. The van der Waals surface area contributed by atoms with Crippen LogP contribution >= 0.6 is 0 Å². The molecule has 1 aliphatic heterocycles. The number of Topliss-reactive ketones (excluding diaryl/α,β-unsaturated/α-hetero) is 1. The third kappa shape index (κ3) is 3.39. The minimum absolute atomic E-state index is 0.0180. The molecule has 0 radical (unpaired) electrons. The Morgan fingerprint density at radius 2 is 2.11 bits per heavy atom. The lowest BCUT2D eigenvalue weighted by Crippen LogP contribution is -2.37. The monoisotopic (exact) mass is 249 g/mol. The van der Waals surface area contributed by atoms with Gasteiger partial charge < -0.3 is 0 Å². The molecule has 3 heteroatoms. The van der Waals surface area contributed by atoms with Gasteiger partial charge in [0.2, 0.25) is 0 Å². The molecule has 98 valence electrons. The van der Waals surface area contributed by atoms with Crippen molar-refractivity contribution in [3.05, 3.63) is 35.6 Å². The van der Waals surface area contributed by atoms with Gasteiger partial charge in [0.1, 0.15) is 5.82 Å². The number of carbonyl (C=O) groups is 1. The van der Waals surface area contributed by atoms with Gasteiger partial charge in [-0.25, -0.2) is 4.39 Å². The van der Waals surface area contributed by atoms with E-state index in [2.05, 4.69) is 11.8 Å². The van der Waals surface area contributed by atoms with Crippen molar-refractivity contribution in [2.24, 2.45) is 5.92 Å². The highest BCUT2D eigenvalue weighted by Crippen LogP contribution is 2.20. The molecule has 0 aliphatic carbocycles. The number of nitrogens with zero attached hydrogens (tertiary/aromatic N) is 1. The van der Waals surface area contributed by atoms with Gasteiger partial charge in [0.05, 0.1) is 6.54 Å². The van der Waals surface area contributed by atoms with Crippen LogP contribution in [0.3, 0.4) is 0 Å². The molecule has 0 aromatic heterocycles. The summed E-state index contributed by atoms with van der Waals surface area (Å²) < 4.78 is 13.0. The van der Waals surface area contributed by atoms with Crippen molar-refractivity contribution >= 4 is 5.78 Å². The van der Waals surface area contributed by atoms with Crippen LogP contribution in [0.2, 0.25) is 0 Å². The van der Waals surface area contributed by atoms with Gasteiger partial charge >= 0.3 is 0 Å². The molecule has 18 heavy (non-hydrogen) atoms. The van der Waals surface area contributed by atoms with Crippen molar-refractivity contribution in [3.63, 3.8) is 0 Å². The lowest BCUT2D eigenvalue weighted by atomic mass is 9.94. The number of likely N-dealkylation sites (tertiary alicyclic amines) is 1. The predicted molar refractivity (Wildman–Crippen MR) is 70.2 cm³/mol. The molecule has 1 fully saturated rings. The quantitative estimate of drug-likeness (QED) is 0.764. The number of carbonyl (C=O) groups excluding carboxylic acids is 1. The molecule has 1 aromatic rings. The van der Waals surface area contributed by atoms with Crippen molar-refractivity contribution < 1.29 is 9.18 Å². The summed E-state index contributed by atoms with van der Waals surface area (Å²) in [7, 11) is 0. The van der Waals surface area contributed by atoms with Gasteiger partial charge in [-0.1, -0.05) is 25.5 Å². The summed E-state index contributed by atoms with van der Waals surface area (Å²) in [5.74, 6) is 0.487. The Morgan fingerprint density at radius 3 is 2.72 bits per heavy atom. The van der Waals surface area contributed by atoms with E-state index in [9.17, 15) is 9.18 Å². The minimum Gasteiger partial charge on any atom is -0.296 e. The molecule has 1 aromatic carbocycles. The summed E-state index contributed by atoms with van der Waals surface area (Å²) in [6, 6.07) is 5.96. The van der Waals surface area contributed by atoms with Crippen molar-refractivity contribution in [1.29, 1.82) is 0 Å². The van der Waals surface area contributed by atoms with Gasteiger partial charge in [-0.05, 0) is 44.0 Å². The van der Waals surface area contributed by atoms with E-state index in [1.54, 1.807) is 12.1 Å². The van der Waals surface area contributed by atoms with E-state index in [4.69, 9.17) is 0 Å². The number of hydrogen-bond acceptors (Lipinski definition) is 2. The predicted octanol–water partition coefficient (Wildman–Crippen LogP) is 3.13. The summed E-state index contributed by atoms with van der Waals surface area (Å²) in [5.41, 5.74) is 0.479. The van der Waals surface area contributed by atoms with Crippen molar-refractivity contribution in [2.45, 2.75) is 26.2 Å². The fraction of sp³-hybridized carbons (Fsp3) is 0.533. The average molecular weight is 249 g/mol. The SMILES string of the molecule is CCC1CCN(CC(=O)c2cccc(F)c2)CC1. The van der Waals surface area contributed by atoms with E-state index in [0.29, 0.717) is 12.1 Å². The smallest absolute Gasteiger partial charge is 0.176 e. The van der Waals surface area contributed by atoms with Gasteiger partial charge in [0, 0.05) is 5.56 Å². The zero-order valence-corrected chi connectivity index (χ0v) is 10.9. The van der Waals surface area contributed by atoms with Crippen LogP contribution < -0.4 is 0 Å². The third-order valence-electron chi connectivity index (χ3n) is 3.80. The van der Waals surface area contributed by atoms with E-state index in [0.717, 1.165) is 19.0 Å². The zero-order chi connectivity index (χ0) is 13.0. The van der Waals surface area contributed by atoms with Crippen molar-refractivity contribution in [1.82, 2.24) is 4.90 Å². The fourth-order valence-corrected chi connectivity index (χ4v) is 2.51. The van der Waals surface area contributed by atoms with Gasteiger partial charge in [0.15, 0.2) is 5.78 Å². The molecule has 1 aliphatic rings. The molecule has 1 heterocycles. The molecule has 0 unspecified atom stereocenters. The molecule has 0 atom stereocenters. The molecule has 2 nitrogen and oxygen atoms in total. The van der Waals surface area contributed by atoms with Crippen molar-refractivity contribution in [3.8, 4) is 0 Å². The summed E-state index contributed by atoms with van der Waals surface area (Å²) in [6.07, 6.45) is 3.57. The average Bonchev–Trinajstić information content (AvgIpc) is 2.39. The Morgan fingerprint density at radius 1 is 1.39 bits per heavy atom. The second-order valence-corrected chi connectivity index (χ2v) is 5.06. The maximum Gasteiger partial charge on any atom is 0.176 e. The number of piperidine rings is 1. The lowest BCUT2D eigenvalue weighted by Gasteiger charge is -2.30. The molecule has 0 saturated carbocycles. The van der Waals surface area contributed by atoms with Gasteiger partial charge in [-0.15, -0.1) is 0 Å². The van der Waals surface area contributed by atoms with Crippen LogP contribution in [-0.4, -0.2) is 30.3 Å². The highest BCUT2D eigenvalue weighted by molar-refractivity contribution is 5.97. The van der Waals surface area contributed by atoms with Crippen LogP contribution in [0.25, 0.3) is 0 Å². The molecule has 0 amide bonds. The van der Waals surface area contributed by atoms with Crippen LogP contribution in [-0.2, 0) is 0 Å². The van der Waals surface area contributed by atoms with Gasteiger partial charge in [-0.2, -0.15) is 0 Å². The van der Waals surface area contributed by atoms with E-state index in [-0.39, 0.29) is 11.6 Å². The Labute approximate surface area is 108 Å². The standard InChI is InChI=1S/C15H20FNO/c1-2-12-6-8-17(9-7-12)11-15(18)13-4-3-5-14(16)10-13/h3-5,10,12H,2,6-9,11H2,1H3. The first-order valence-electron chi connectivity index (χ1n) is 6.70. The Hall–Kier alpha value is -1.22. The maximum atomic E-state index is 13.0. The molecular weight excluding hydrogens is 229 g/mol. The third-order valence-corrected chi connectivity index (χ3v) is 3.80. The topological polar surface area (TPSA) is 20.3 Å². The Balaban J connectivity index is 1.89. The van der Waals surface area contributed by atoms with Gasteiger partial charge in [0.25, 0.3) is 0 Å². The number of halogens is 1. The number of rotatable bonds is 4. The normalized spacial score (nSPS) is 17.9. The van der Waals surface area contributed by atoms with Crippen LogP contribution in [0, 0.1) is 11.7 Å². The first-order valence-corrected chi connectivity index (χ1v) is 6.70. The Kier molecular flexibility index (Phi) is 4.48. The van der Waals surface area contributed by atoms with E-state index in [1.807, 2.05) is 0 Å². The largest absolute Gasteiger partial charge is 0.296 e. The highest BCUT2D eigenvalue weighted by atomic mass is 19.1. The van der Waals surface area contributed by atoms with Crippen LogP contribution in [0.15, 0.2) is 24.3 Å². The van der Waals surface area contributed by atoms with Crippen LogP contribution in [0.4, 0.5) is 4.39 Å². The maximum absolute atomic E-state index is 13.0. The molecule has 0 spiro atoms. The van der Waals surface area contributed by atoms with Gasteiger partial charge in [-0.3, -0.25) is 9.69 Å². The molecule has 1 saturated heterocycles. The first kappa shape index (κ1) is 13.2. The second-order valence-electron chi connectivity index (χ2n) is 5.06. The van der Waals surface area contributed by atoms with E-state index in [1.165, 1.54) is 31.4 Å². The van der Waals surface area contributed by atoms with E-state index >= 15 is 0 Å². The summed E-state index contributed by atoms with van der Waals surface area (Å²) in [6.45, 7) is 4.61. The molecule has 0 N–H and O–H groups in total. The summed E-state index contributed by atoms with van der Waals surface area (Å²) in [4.78, 5) is 14.2. The zero-order valence-electron chi connectivity index (χ0n) is 10.9. The summed E-state index contributed by atoms with van der Waals surface area (Å²) in [5, 5.41) is 0. The number of ketones is 1. The lowest BCUT2D eigenvalue weighted by molar-refractivity contribution is 0.0894. The first-order chi connectivity index (χ1) is 8.69. The molecule has 2 rings (SSSR count). The fourth-order valence-electron chi connectivity index (χ4n) is 2.51. The molecule has 0 bridgehead atoms.